The van der Waals surface area contributed by atoms with Crippen LogP contribution in [0.1, 0.15) is 17.2 Å². The van der Waals surface area contributed by atoms with Gasteiger partial charge in [-0.3, -0.25) is 0 Å². The molecule has 0 saturated heterocycles. The molecule has 0 radical (unpaired) electrons. The number of halogens is 2. The van der Waals surface area contributed by atoms with Gasteiger partial charge in [0.05, 0.1) is 17.2 Å². The average Bonchev–Trinajstić information content (AvgIpc) is 3.12. The molecule has 0 saturated carbocycles. The summed E-state index contributed by atoms with van der Waals surface area (Å²) in [5.41, 5.74) is 2.91. The van der Waals surface area contributed by atoms with E-state index in [1.807, 2.05) is 41.1 Å². The van der Waals surface area contributed by atoms with Crippen molar-refractivity contribution >= 4 is 34.8 Å². The summed E-state index contributed by atoms with van der Waals surface area (Å²) in [7, 11) is 1.65. The Hall–Kier alpha value is -2.50. The van der Waals surface area contributed by atoms with Gasteiger partial charge in [0.1, 0.15) is 18.1 Å². The summed E-state index contributed by atoms with van der Waals surface area (Å²) in [5, 5.41) is 8.66. The van der Waals surface area contributed by atoms with Crippen LogP contribution >= 0.6 is 23.2 Å². The quantitative estimate of drug-likeness (QED) is 0.726. The van der Waals surface area contributed by atoms with E-state index in [4.69, 9.17) is 27.9 Å². The molecule has 1 atom stereocenters. The van der Waals surface area contributed by atoms with Gasteiger partial charge >= 0.3 is 0 Å². The molecule has 25 heavy (non-hydrogen) atoms. The molecule has 1 aliphatic heterocycles. The number of aromatic nitrogens is 3. The SMILES string of the molecule is COc1ccc([C@@H]2C=C(c3ccc(Cl)c(Cl)c3)Nc3ncnn32)cc1. The van der Waals surface area contributed by atoms with Gasteiger partial charge in [-0.2, -0.15) is 10.1 Å². The highest BCUT2D eigenvalue weighted by Gasteiger charge is 2.23. The number of allylic oxidation sites excluding steroid dienone is 1. The molecule has 3 aromatic rings. The molecule has 7 heteroatoms. The Balaban J connectivity index is 1.78. The van der Waals surface area contributed by atoms with E-state index >= 15 is 0 Å². The van der Waals surface area contributed by atoms with Crippen molar-refractivity contribution < 1.29 is 4.74 Å². The van der Waals surface area contributed by atoms with Gasteiger partial charge < -0.3 is 10.1 Å². The lowest BCUT2D eigenvalue weighted by Crippen LogP contribution is -2.20. The Labute approximate surface area is 154 Å². The van der Waals surface area contributed by atoms with E-state index in [0.29, 0.717) is 16.0 Å². The average molecular weight is 373 g/mol. The van der Waals surface area contributed by atoms with Gasteiger partial charge in [-0.05, 0) is 41.5 Å². The largest absolute Gasteiger partial charge is 0.497 e. The Kier molecular flexibility index (Phi) is 4.11. The summed E-state index contributed by atoms with van der Waals surface area (Å²) < 4.78 is 7.07. The number of benzene rings is 2. The maximum absolute atomic E-state index is 6.16. The minimum Gasteiger partial charge on any atom is -0.497 e. The summed E-state index contributed by atoms with van der Waals surface area (Å²) in [6, 6.07) is 13.3. The molecule has 0 fully saturated rings. The molecule has 2 heterocycles. The van der Waals surface area contributed by atoms with Gasteiger partial charge in [-0.15, -0.1) is 0 Å². The number of rotatable bonds is 3. The molecular weight excluding hydrogens is 359 g/mol. The molecule has 0 bridgehead atoms. The Morgan fingerprint density at radius 1 is 1.08 bits per heavy atom. The van der Waals surface area contributed by atoms with Crippen LogP contribution < -0.4 is 10.1 Å². The third kappa shape index (κ3) is 2.97. The third-order valence-electron chi connectivity index (χ3n) is 4.10. The van der Waals surface area contributed by atoms with E-state index in [9.17, 15) is 0 Å². The zero-order chi connectivity index (χ0) is 17.4. The molecule has 126 valence electrons. The van der Waals surface area contributed by atoms with Crippen LogP contribution in [0.15, 0.2) is 54.9 Å². The number of anilines is 1. The Morgan fingerprint density at radius 3 is 2.60 bits per heavy atom. The van der Waals surface area contributed by atoms with Gasteiger partial charge in [0.25, 0.3) is 0 Å². The second kappa shape index (κ2) is 6.43. The second-order valence-electron chi connectivity index (χ2n) is 5.58. The fourth-order valence-electron chi connectivity index (χ4n) is 2.80. The molecule has 1 aliphatic rings. The van der Waals surface area contributed by atoms with Crippen LogP contribution in [0.25, 0.3) is 5.70 Å². The van der Waals surface area contributed by atoms with E-state index in [1.165, 1.54) is 6.33 Å². The molecule has 0 spiro atoms. The van der Waals surface area contributed by atoms with Crippen LogP contribution in [-0.4, -0.2) is 21.9 Å². The lowest BCUT2D eigenvalue weighted by atomic mass is 10.0. The standard InChI is InChI=1S/C18H14Cl2N4O/c1-25-13-5-2-11(3-6-13)17-9-16(23-18-21-10-22-24(17)18)12-4-7-14(19)15(20)8-12/h2-10,17H,1H3,(H,21,22,23)/t17-/m0/s1. The first-order valence-electron chi connectivity index (χ1n) is 7.63. The second-order valence-corrected chi connectivity index (χ2v) is 6.39. The first-order chi connectivity index (χ1) is 12.2. The van der Waals surface area contributed by atoms with Crippen molar-refractivity contribution in [1.29, 1.82) is 0 Å². The summed E-state index contributed by atoms with van der Waals surface area (Å²) in [6.45, 7) is 0. The summed E-state index contributed by atoms with van der Waals surface area (Å²) in [5.74, 6) is 1.48. The van der Waals surface area contributed by atoms with Crippen molar-refractivity contribution in [2.45, 2.75) is 6.04 Å². The van der Waals surface area contributed by atoms with Gasteiger partial charge in [0.15, 0.2) is 0 Å². The van der Waals surface area contributed by atoms with E-state index in [1.54, 1.807) is 13.2 Å². The predicted molar refractivity (Wildman–Crippen MR) is 99.2 cm³/mol. The molecule has 0 aliphatic carbocycles. The molecular formula is C18H14Cl2N4O. The van der Waals surface area contributed by atoms with Crippen molar-refractivity contribution in [1.82, 2.24) is 14.8 Å². The third-order valence-corrected chi connectivity index (χ3v) is 4.83. The van der Waals surface area contributed by atoms with E-state index in [2.05, 4.69) is 21.5 Å². The first-order valence-corrected chi connectivity index (χ1v) is 8.39. The molecule has 4 rings (SSSR count). The zero-order valence-electron chi connectivity index (χ0n) is 13.3. The molecule has 1 aromatic heterocycles. The normalized spacial score (nSPS) is 16.0. The number of fused-ring (bicyclic) bond motifs is 1. The molecule has 0 unspecified atom stereocenters. The Morgan fingerprint density at radius 2 is 1.88 bits per heavy atom. The molecule has 1 N–H and O–H groups in total. The highest BCUT2D eigenvalue weighted by atomic mass is 35.5. The monoisotopic (exact) mass is 372 g/mol. The maximum Gasteiger partial charge on any atom is 0.226 e. The van der Waals surface area contributed by atoms with Gasteiger partial charge in [-0.1, -0.05) is 41.4 Å². The van der Waals surface area contributed by atoms with Crippen LogP contribution in [0.2, 0.25) is 10.0 Å². The topological polar surface area (TPSA) is 52.0 Å². The number of nitrogens with zero attached hydrogens (tertiary/aromatic N) is 3. The fourth-order valence-corrected chi connectivity index (χ4v) is 3.10. The van der Waals surface area contributed by atoms with Gasteiger partial charge in [-0.25, -0.2) is 4.68 Å². The smallest absolute Gasteiger partial charge is 0.226 e. The van der Waals surface area contributed by atoms with Crippen molar-refractivity contribution in [3.8, 4) is 5.75 Å². The van der Waals surface area contributed by atoms with Crippen LogP contribution in [0.5, 0.6) is 5.75 Å². The van der Waals surface area contributed by atoms with Crippen LogP contribution in [0, 0.1) is 0 Å². The zero-order valence-corrected chi connectivity index (χ0v) is 14.8. The first kappa shape index (κ1) is 16.0. The molecule has 2 aromatic carbocycles. The number of hydrogen-bond acceptors (Lipinski definition) is 4. The molecule has 5 nitrogen and oxygen atoms in total. The number of ether oxygens (including phenoxy) is 1. The molecule has 0 amide bonds. The van der Waals surface area contributed by atoms with Crippen molar-refractivity contribution in [3.63, 3.8) is 0 Å². The fraction of sp³-hybridized carbons (Fsp3) is 0.111. The van der Waals surface area contributed by atoms with E-state index < -0.39 is 0 Å². The number of methoxy groups -OCH3 is 1. The predicted octanol–water partition coefficient (Wildman–Crippen LogP) is 4.65. The maximum atomic E-state index is 6.16. The number of nitrogens with one attached hydrogen (secondary N) is 1. The van der Waals surface area contributed by atoms with Gasteiger partial charge in [0, 0.05) is 5.70 Å². The van der Waals surface area contributed by atoms with E-state index in [-0.39, 0.29) is 6.04 Å². The van der Waals surface area contributed by atoms with Crippen molar-refractivity contribution in [2.24, 2.45) is 0 Å². The van der Waals surface area contributed by atoms with Gasteiger partial charge in [0.2, 0.25) is 5.95 Å². The highest BCUT2D eigenvalue weighted by molar-refractivity contribution is 6.42. The van der Waals surface area contributed by atoms with Crippen molar-refractivity contribution in [2.75, 3.05) is 12.4 Å². The van der Waals surface area contributed by atoms with Crippen LogP contribution in [0.3, 0.4) is 0 Å². The lowest BCUT2D eigenvalue weighted by Gasteiger charge is -2.24. The van der Waals surface area contributed by atoms with E-state index in [0.717, 1.165) is 22.6 Å². The summed E-state index contributed by atoms with van der Waals surface area (Å²) in [6.07, 6.45) is 3.62. The lowest BCUT2D eigenvalue weighted by molar-refractivity contribution is 0.414. The highest BCUT2D eigenvalue weighted by Crippen LogP contribution is 2.34. The summed E-state index contributed by atoms with van der Waals surface area (Å²) in [4.78, 5) is 4.30. The minimum absolute atomic E-state index is 0.0888. The minimum atomic E-state index is -0.0888. The van der Waals surface area contributed by atoms with Crippen LogP contribution in [0.4, 0.5) is 5.95 Å². The van der Waals surface area contributed by atoms with Crippen LogP contribution in [-0.2, 0) is 0 Å². The summed E-state index contributed by atoms with van der Waals surface area (Å²) >= 11 is 12.2. The van der Waals surface area contributed by atoms with Crippen molar-refractivity contribution in [3.05, 3.63) is 76.0 Å². The number of hydrogen-bond donors (Lipinski definition) is 1. The Bertz CT molecular complexity index is 950.